The predicted octanol–water partition coefficient (Wildman–Crippen LogP) is 2.72. The van der Waals surface area contributed by atoms with Gasteiger partial charge in [0.05, 0.1) is 11.5 Å². The number of sulfonamides is 1. The summed E-state index contributed by atoms with van der Waals surface area (Å²) in [6, 6.07) is 3.27. The van der Waals surface area contributed by atoms with Gasteiger partial charge in [0, 0.05) is 10.0 Å². The van der Waals surface area contributed by atoms with Gasteiger partial charge in [-0.05, 0) is 62.8 Å². The standard InChI is InChI=1S/C14H20BrNO3S/c1-9-12(15)6-10(8-17)7-13(9)20(18,19)16-14(2,3)11-4-5-11/h6-7,11,16-17H,4-5,8H2,1-3H3. The van der Waals surface area contributed by atoms with Crippen LogP contribution in [0.4, 0.5) is 0 Å². The van der Waals surface area contributed by atoms with Crippen LogP contribution in [0.3, 0.4) is 0 Å². The van der Waals surface area contributed by atoms with Gasteiger partial charge >= 0.3 is 0 Å². The molecule has 0 radical (unpaired) electrons. The highest BCUT2D eigenvalue weighted by Crippen LogP contribution is 2.40. The van der Waals surface area contributed by atoms with Gasteiger partial charge in [0.1, 0.15) is 0 Å². The molecule has 2 N–H and O–H groups in total. The van der Waals surface area contributed by atoms with Gasteiger partial charge in [-0.3, -0.25) is 0 Å². The summed E-state index contributed by atoms with van der Waals surface area (Å²) < 4.78 is 28.7. The minimum absolute atomic E-state index is 0.187. The Hall–Kier alpha value is -0.430. The van der Waals surface area contributed by atoms with Gasteiger partial charge in [-0.1, -0.05) is 15.9 Å². The van der Waals surface area contributed by atoms with Gasteiger partial charge in [0.15, 0.2) is 0 Å². The van der Waals surface area contributed by atoms with Crippen LogP contribution in [0.1, 0.15) is 37.8 Å². The molecule has 0 amide bonds. The first-order valence-corrected chi connectivity index (χ1v) is 8.89. The molecule has 1 aromatic rings. The Labute approximate surface area is 128 Å². The molecular weight excluding hydrogens is 342 g/mol. The highest BCUT2D eigenvalue weighted by Gasteiger charge is 2.41. The lowest BCUT2D eigenvalue weighted by atomic mass is 10.0. The van der Waals surface area contributed by atoms with E-state index in [-0.39, 0.29) is 11.5 Å². The second-order valence-corrected chi connectivity index (χ2v) is 8.47. The zero-order chi connectivity index (χ0) is 15.1. The van der Waals surface area contributed by atoms with Crippen molar-refractivity contribution < 1.29 is 13.5 Å². The number of halogens is 1. The Bertz CT molecular complexity index is 622. The van der Waals surface area contributed by atoms with Gasteiger partial charge in [-0.25, -0.2) is 13.1 Å². The molecule has 0 aromatic heterocycles. The van der Waals surface area contributed by atoms with E-state index in [0.29, 0.717) is 21.5 Å². The summed E-state index contributed by atoms with van der Waals surface area (Å²) in [5.74, 6) is 0.405. The third kappa shape index (κ3) is 3.24. The van der Waals surface area contributed by atoms with Crippen LogP contribution in [0.5, 0.6) is 0 Å². The third-order valence-electron chi connectivity index (χ3n) is 3.82. The number of hydrogen-bond donors (Lipinski definition) is 2. The molecule has 0 bridgehead atoms. The van der Waals surface area contributed by atoms with Gasteiger partial charge in [-0.2, -0.15) is 0 Å². The van der Waals surface area contributed by atoms with E-state index in [1.165, 1.54) is 6.07 Å². The van der Waals surface area contributed by atoms with E-state index >= 15 is 0 Å². The highest BCUT2D eigenvalue weighted by atomic mass is 79.9. The Kier molecular flexibility index (Phi) is 4.31. The predicted molar refractivity (Wildman–Crippen MR) is 81.9 cm³/mol. The van der Waals surface area contributed by atoms with E-state index in [1.807, 2.05) is 13.8 Å². The quantitative estimate of drug-likeness (QED) is 0.847. The van der Waals surface area contributed by atoms with Crippen LogP contribution in [0.2, 0.25) is 0 Å². The van der Waals surface area contributed by atoms with E-state index in [4.69, 9.17) is 0 Å². The van der Waals surface area contributed by atoms with Crippen LogP contribution in [0.15, 0.2) is 21.5 Å². The first kappa shape index (κ1) is 15.9. The molecule has 0 unspecified atom stereocenters. The fourth-order valence-corrected chi connectivity index (χ4v) is 4.79. The van der Waals surface area contributed by atoms with Crippen molar-refractivity contribution >= 4 is 26.0 Å². The molecule has 4 nitrogen and oxygen atoms in total. The normalized spacial score (nSPS) is 16.4. The lowest BCUT2D eigenvalue weighted by Crippen LogP contribution is -2.45. The minimum Gasteiger partial charge on any atom is -0.392 e. The molecule has 20 heavy (non-hydrogen) atoms. The zero-order valence-corrected chi connectivity index (χ0v) is 14.3. The fraction of sp³-hybridized carbons (Fsp3) is 0.571. The molecule has 1 aliphatic carbocycles. The number of benzene rings is 1. The van der Waals surface area contributed by atoms with Crippen LogP contribution in [-0.4, -0.2) is 19.1 Å². The maximum Gasteiger partial charge on any atom is 0.241 e. The topological polar surface area (TPSA) is 66.4 Å². The monoisotopic (exact) mass is 361 g/mol. The molecule has 1 aliphatic rings. The van der Waals surface area contributed by atoms with E-state index in [1.54, 1.807) is 13.0 Å². The van der Waals surface area contributed by atoms with E-state index < -0.39 is 15.6 Å². The van der Waals surface area contributed by atoms with Crippen molar-refractivity contribution in [3.63, 3.8) is 0 Å². The van der Waals surface area contributed by atoms with E-state index in [2.05, 4.69) is 20.7 Å². The van der Waals surface area contributed by atoms with Gasteiger partial charge in [0.2, 0.25) is 10.0 Å². The van der Waals surface area contributed by atoms with Crippen molar-refractivity contribution in [3.05, 3.63) is 27.7 Å². The third-order valence-corrected chi connectivity index (χ3v) is 6.45. The van der Waals surface area contributed by atoms with Crippen molar-refractivity contribution in [2.24, 2.45) is 5.92 Å². The van der Waals surface area contributed by atoms with Crippen LogP contribution >= 0.6 is 15.9 Å². The van der Waals surface area contributed by atoms with Crippen molar-refractivity contribution in [1.29, 1.82) is 0 Å². The van der Waals surface area contributed by atoms with E-state index in [9.17, 15) is 13.5 Å². The highest BCUT2D eigenvalue weighted by molar-refractivity contribution is 9.10. The zero-order valence-electron chi connectivity index (χ0n) is 11.9. The molecular formula is C14H20BrNO3S. The van der Waals surface area contributed by atoms with Crippen LogP contribution < -0.4 is 4.72 Å². The van der Waals surface area contributed by atoms with Crippen molar-refractivity contribution in [1.82, 2.24) is 4.72 Å². The number of nitrogens with one attached hydrogen (secondary N) is 1. The van der Waals surface area contributed by atoms with Crippen molar-refractivity contribution in [2.75, 3.05) is 0 Å². The number of rotatable bonds is 5. The molecule has 6 heteroatoms. The SMILES string of the molecule is Cc1c(Br)cc(CO)cc1S(=O)(=O)NC(C)(C)C1CC1. The van der Waals surface area contributed by atoms with Crippen LogP contribution in [0, 0.1) is 12.8 Å². The summed E-state index contributed by atoms with van der Waals surface area (Å²) in [5, 5.41) is 9.24. The molecule has 2 rings (SSSR count). The van der Waals surface area contributed by atoms with Crippen molar-refractivity contribution in [3.8, 4) is 0 Å². The average molecular weight is 362 g/mol. The molecule has 0 heterocycles. The Morgan fingerprint density at radius 2 is 2.00 bits per heavy atom. The summed E-state index contributed by atoms with van der Waals surface area (Å²) in [7, 11) is -3.60. The van der Waals surface area contributed by atoms with Crippen LogP contribution in [0.25, 0.3) is 0 Å². The summed E-state index contributed by atoms with van der Waals surface area (Å²) in [6.45, 7) is 5.41. The summed E-state index contributed by atoms with van der Waals surface area (Å²) in [4.78, 5) is 0.227. The number of aliphatic hydroxyl groups is 1. The molecule has 1 saturated carbocycles. The van der Waals surface area contributed by atoms with Gasteiger partial charge < -0.3 is 5.11 Å². The minimum atomic E-state index is -3.60. The summed E-state index contributed by atoms with van der Waals surface area (Å²) >= 11 is 3.35. The Balaban J connectivity index is 2.41. The number of aliphatic hydroxyl groups excluding tert-OH is 1. The molecule has 0 saturated heterocycles. The molecule has 0 atom stereocenters. The van der Waals surface area contributed by atoms with Crippen LogP contribution in [-0.2, 0) is 16.6 Å². The molecule has 112 valence electrons. The Morgan fingerprint density at radius 3 is 2.50 bits per heavy atom. The second kappa shape index (κ2) is 5.40. The maximum atomic E-state index is 12.6. The first-order chi connectivity index (χ1) is 9.17. The van der Waals surface area contributed by atoms with Gasteiger partial charge in [-0.15, -0.1) is 0 Å². The average Bonchev–Trinajstić information content (AvgIpc) is 3.15. The lowest BCUT2D eigenvalue weighted by Gasteiger charge is -2.26. The maximum absolute atomic E-state index is 12.6. The lowest BCUT2D eigenvalue weighted by molar-refractivity contribution is 0.281. The summed E-state index contributed by atoms with van der Waals surface area (Å²) in [5.41, 5.74) is 0.792. The second-order valence-electron chi connectivity index (χ2n) is 5.96. The number of hydrogen-bond acceptors (Lipinski definition) is 3. The van der Waals surface area contributed by atoms with E-state index in [0.717, 1.165) is 12.8 Å². The first-order valence-electron chi connectivity index (χ1n) is 6.61. The molecule has 1 fully saturated rings. The van der Waals surface area contributed by atoms with Gasteiger partial charge in [0.25, 0.3) is 0 Å². The molecule has 0 aliphatic heterocycles. The molecule has 0 spiro atoms. The smallest absolute Gasteiger partial charge is 0.241 e. The van der Waals surface area contributed by atoms with Crippen molar-refractivity contribution in [2.45, 2.75) is 50.7 Å². The Morgan fingerprint density at radius 1 is 1.40 bits per heavy atom. The largest absolute Gasteiger partial charge is 0.392 e. The summed E-state index contributed by atoms with van der Waals surface area (Å²) in [6.07, 6.45) is 2.13. The molecule has 1 aromatic carbocycles. The fourth-order valence-electron chi connectivity index (χ4n) is 2.37.